The second kappa shape index (κ2) is 8.57. The number of hydrogen-bond acceptors (Lipinski definition) is 4. The molecule has 0 aliphatic heterocycles. The SMILES string of the molecule is CC(C)(C)OC(=O)CCc1cccc(-n2c(C(N)=O)cc3ccc(OC(F)(F)F)cc32)c1. The van der Waals surface area contributed by atoms with Gasteiger partial charge >= 0.3 is 12.3 Å². The Labute approximate surface area is 182 Å². The fourth-order valence-electron chi connectivity index (χ4n) is 3.33. The van der Waals surface area contributed by atoms with Crippen molar-refractivity contribution < 1.29 is 32.2 Å². The number of rotatable bonds is 6. The molecule has 2 N–H and O–H groups in total. The van der Waals surface area contributed by atoms with E-state index in [-0.39, 0.29) is 18.1 Å². The standard InChI is InChI=1S/C23H23F3N2O4/c1-22(2,3)32-20(29)10-7-14-5-4-6-16(11-14)28-18-13-17(31-23(24,25)26)9-8-15(18)12-19(28)21(27)30/h4-6,8-9,11-13H,7,10H2,1-3H3,(H2,27,30). The third kappa shape index (κ3) is 5.81. The van der Waals surface area contributed by atoms with Crippen molar-refractivity contribution in [3.05, 3.63) is 59.8 Å². The fourth-order valence-corrected chi connectivity index (χ4v) is 3.33. The first-order chi connectivity index (χ1) is 14.8. The molecule has 2 aromatic carbocycles. The smallest absolute Gasteiger partial charge is 0.460 e. The molecule has 0 spiro atoms. The van der Waals surface area contributed by atoms with Crippen molar-refractivity contribution in [3.63, 3.8) is 0 Å². The lowest BCUT2D eigenvalue weighted by atomic mass is 10.1. The quantitative estimate of drug-likeness (QED) is 0.544. The molecule has 9 heteroatoms. The first-order valence-electron chi connectivity index (χ1n) is 9.85. The normalized spacial score (nSPS) is 12.1. The third-order valence-corrected chi connectivity index (χ3v) is 4.47. The monoisotopic (exact) mass is 448 g/mol. The van der Waals surface area contributed by atoms with Gasteiger partial charge in [-0.3, -0.25) is 9.59 Å². The van der Waals surface area contributed by atoms with Crippen LogP contribution in [0.1, 0.15) is 43.2 Å². The number of ether oxygens (including phenoxy) is 2. The number of esters is 1. The summed E-state index contributed by atoms with van der Waals surface area (Å²) in [5.41, 5.74) is 6.66. The lowest BCUT2D eigenvalue weighted by Crippen LogP contribution is -2.24. The van der Waals surface area contributed by atoms with Crippen LogP contribution in [0, 0.1) is 0 Å². The minimum absolute atomic E-state index is 0.105. The van der Waals surface area contributed by atoms with E-state index in [2.05, 4.69) is 4.74 Å². The number of hydrogen-bond donors (Lipinski definition) is 1. The van der Waals surface area contributed by atoms with Gasteiger partial charge in [0.2, 0.25) is 0 Å². The topological polar surface area (TPSA) is 83.5 Å². The summed E-state index contributed by atoms with van der Waals surface area (Å²) in [7, 11) is 0. The Morgan fingerprint density at radius 3 is 2.38 bits per heavy atom. The number of carbonyl (C=O) groups excluding carboxylic acids is 2. The number of amides is 1. The Morgan fingerprint density at radius 1 is 1.03 bits per heavy atom. The summed E-state index contributed by atoms with van der Waals surface area (Å²) in [5.74, 6) is -1.50. The van der Waals surface area contributed by atoms with Gasteiger partial charge in [-0.15, -0.1) is 13.2 Å². The Bertz CT molecular complexity index is 1160. The first-order valence-corrected chi connectivity index (χ1v) is 9.85. The number of fused-ring (bicyclic) bond motifs is 1. The van der Waals surface area contributed by atoms with E-state index in [0.29, 0.717) is 23.0 Å². The van der Waals surface area contributed by atoms with Gasteiger partial charge in [-0.05, 0) is 63.1 Å². The van der Waals surface area contributed by atoms with Crippen molar-refractivity contribution in [2.45, 2.75) is 45.6 Å². The average molecular weight is 448 g/mol. The van der Waals surface area contributed by atoms with Gasteiger partial charge in [0.15, 0.2) is 0 Å². The number of aryl methyl sites for hydroxylation is 1. The highest BCUT2D eigenvalue weighted by Gasteiger charge is 2.31. The minimum atomic E-state index is -4.85. The Kier molecular flexibility index (Phi) is 6.20. The molecule has 1 aromatic heterocycles. The minimum Gasteiger partial charge on any atom is -0.460 e. The first kappa shape index (κ1) is 23.2. The van der Waals surface area contributed by atoms with Crippen LogP contribution in [0.4, 0.5) is 13.2 Å². The summed E-state index contributed by atoms with van der Waals surface area (Å²) in [6, 6.07) is 12.3. The molecule has 0 saturated carbocycles. The molecule has 32 heavy (non-hydrogen) atoms. The second-order valence-corrected chi connectivity index (χ2v) is 8.25. The molecule has 1 amide bonds. The molecule has 0 fully saturated rings. The molecule has 0 atom stereocenters. The van der Waals surface area contributed by atoms with Crippen molar-refractivity contribution in [2.24, 2.45) is 5.73 Å². The van der Waals surface area contributed by atoms with E-state index in [1.54, 1.807) is 39.0 Å². The molecular formula is C23H23F3N2O4. The van der Waals surface area contributed by atoms with Crippen molar-refractivity contribution in [3.8, 4) is 11.4 Å². The number of halogens is 3. The molecule has 0 saturated heterocycles. The molecule has 3 rings (SSSR count). The van der Waals surface area contributed by atoms with E-state index in [1.807, 2.05) is 6.07 Å². The number of aromatic nitrogens is 1. The predicted octanol–water partition coefficient (Wildman–Crippen LogP) is 4.90. The number of alkyl halides is 3. The van der Waals surface area contributed by atoms with Crippen LogP contribution in [0.15, 0.2) is 48.5 Å². The van der Waals surface area contributed by atoms with E-state index in [4.69, 9.17) is 10.5 Å². The number of primary amides is 1. The van der Waals surface area contributed by atoms with Crippen LogP contribution in [-0.4, -0.2) is 28.4 Å². The average Bonchev–Trinajstić information content (AvgIpc) is 3.03. The molecule has 170 valence electrons. The Hall–Kier alpha value is -3.49. The highest BCUT2D eigenvalue weighted by atomic mass is 19.4. The van der Waals surface area contributed by atoms with Gasteiger partial charge in [0.1, 0.15) is 17.0 Å². The van der Waals surface area contributed by atoms with E-state index in [9.17, 15) is 22.8 Å². The van der Waals surface area contributed by atoms with Crippen LogP contribution >= 0.6 is 0 Å². The maximum Gasteiger partial charge on any atom is 0.573 e. The van der Waals surface area contributed by atoms with Crippen LogP contribution in [-0.2, 0) is 16.0 Å². The maximum absolute atomic E-state index is 12.7. The zero-order chi connectivity index (χ0) is 23.7. The number of nitrogens with two attached hydrogens (primary N) is 1. The van der Waals surface area contributed by atoms with E-state index >= 15 is 0 Å². The summed E-state index contributed by atoms with van der Waals surface area (Å²) >= 11 is 0. The summed E-state index contributed by atoms with van der Waals surface area (Å²) < 4.78 is 48.8. The zero-order valence-corrected chi connectivity index (χ0v) is 17.8. The van der Waals surface area contributed by atoms with Gasteiger partial charge in [0.05, 0.1) is 5.52 Å². The highest BCUT2D eigenvalue weighted by molar-refractivity contribution is 5.99. The molecule has 0 unspecified atom stereocenters. The highest BCUT2D eigenvalue weighted by Crippen LogP contribution is 2.31. The van der Waals surface area contributed by atoms with Crippen molar-refractivity contribution in [2.75, 3.05) is 0 Å². The van der Waals surface area contributed by atoms with Gasteiger partial charge in [0, 0.05) is 23.6 Å². The molecule has 1 heterocycles. The van der Waals surface area contributed by atoms with Crippen LogP contribution in [0.5, 0.6) is 5.75 Å². The second-order valence-electron chi connectivity index (χ2n) is 8.25. The predicted molar refractivity (Wildman–Crippen MR) is 113 cm³/mol. The fraction of sp³-hybridized carbons (Fsp3) is 0.304. The van der Waals surface area contributed by atoms with E-state index in [0.717, 1.165) is 5.56 Å². The maximum atomic E-state index is 12.7. The lowest BCUT2D eigenvalue weighted by Gasteiger charge is -2.19. The lowest BCUT2D eigenvalue weighted by molar-refractivity contribution is -0.274. The number of benzene rings is 2. The largest absolute Gasteiger partial charge is 0.573 e. The van der Waals surface area contributed by atoms with Crippen LogP contribution in [0.3, 0.4) is 0 Å². The molecule has 6 nitrogen and oxygen atoms in total. The third-order valence-electron chi connectivity index (χ3n) is 4.47. The summed E-state index contributed by atoms with van der Waals surface area (Å²) in [4.78, 5) is 24.1. The van der Waals surface area contributed by atoms with Gasteiger partial charge < -0.3 is 19.8 Å². The molecule has 0 radical (unpaired) electrons. The zero-order valence-electron chi connectivity index (χ0n) is 17.8. The van der Waals surface area contributed by atoms with Gasteiger partial charge in [-0.2, -0.15) is 0 Å². The number of nitrogens with zero attached hydrogens (tertiary/aromatic N) is 1. The van der Waals surface area contributed by atoms with Gasteiger partial charge in [0.25, 0.3) is 5.91 Å². The van der Waals surface area contributed by atoms with Crippen molar-refractivity contribution >= 4 is 22.8 Å². The van der Waals surface area contributed by atoms with E-state index in [1.165, 1.54) is 28.8 Å². The van der Waals surface area contributed by atoms with E-state index < -0.39 is 23.6 Å². The van der Waals surface area contributed by atoms with Crippen LogP contribution in [0.25, 0.3) is 16.6 Å². The Balaban J connectivity index is 1.98. The number of carbonyl (C=O) groups is 2. The Morgan fingerprint density at radius 2 is 1.75 bits per heavy atom. The summed E-state index contributed by atoms with van der Waals surface area (Å²) in [6.07, 6.45) is -4.31. The molecule has 0 aliphatic rings. The van der Waals surface area contributed by atoms with Crippen molar-refractivity contribution in [1.29, 1.82) is 0 Å². The van der Waals surface area contributed by atoms with Crippen molar-refractivity contribution in [1.82, 2.24) is 4.57 Å². The molecule has 0 bridgehead atoms. The molecule has 0 aliphatic carbocycles. The van der Waals surface area contributed by atoms with Crippen LogP contribution < -0.4 is 10.5 Å². The van der Waals surface area contributed by atoms with Gasteiger partial charge in [-0.25, -0.2) is 0 Å². The summed E-state index contributed by atoms with van der Waals surface area (Å²) in [5, 5.41) is 0.521. The van der Waals surface area contributed by atoms with Gasteiger partial charge in [-0.1, -0.05) is 12.1 Å². The molecular weight excluding hydrogens is 425 g/mol. The summed E-state index contributed by atoms with van der Waals surface area (Å²) in [6.45, 7) is 5.35. The van der Waals surface area contributed by atoms with Crippen LogP contribution in [0.2, 0.25) is 0 Å². The molecule has 3 aromatic rings.